The molecular formula is C18H20FN5O2. The number of anilines is 1. The van der Waals surface area contributed by atoms with E-state index >= 15 is 0 Å². The predicted octanol–water partition coefficient (Wildman–Crippen LogP) is 1.93. The van der Waals surface area contributed by atoms with Gasteiger partial charge in [-0.05, 0) is 30.0 Å². The maximum absolute atomic E-state index is 13.2. The molecule has 0 unspecified atom stereocenters. The van der Waals surface area contributed by atoms with Gasteiger partial charge in [0, 0.05) is 13.1 Å². The zero-order valence-corrected chi connectivity index (χ0v) is 14.6. The summed E-state index contributed by atoms with van der Waals surface area (Å²) >= 11 is 0. The minimum absolute atomic E-state index is 0.150. The molecular weight excluding hydrogens is 337 g/mol. The molecule has 0 aliphatic rings. The van der Waals surface area contributed by atoms with E-state index in [2.05, 4.69) is 20.3 Å². The van der Waals surface area contributed by atoms with Gasteiger partial charge in [-0.15, -0.1) is 0 Å². The summed E-state index contributed by atoms with van der Waals surface area (Å²) in [4.78, 5) is 35.6. The topological polar surface area (TPSA) is 92.7 Å². The molecule has 1 aromatic carbocycles. The number of benzene rings is 1. The maximum atomic E-state index is 13.2. The van der Waals surface area contributed by atoms with Crippen molar-refractivity contribution < 1.29 is 4.39 Å². The molecule has 0 saturated heterocycles. The number of rotatable bonds is 6. The van der Waals surface area contributed by atoms with Gasteiger partial charge in [-0.25, -0.2) is 19.2 Å². The SMILES string of the molecule is CC(C)Cn1c(=O)[nH]c2cnc(NCCc3cccc(F)c3)nc2c1=O. The van der Waals surface area contributed by atoms with Crippen LogP contribution < -0.4 is 16.6 Å². The van der Waals surface area contributed by atoms with Crippen LogP contribution in [0.3, 0.4) is 0 Å². The lowest BCUT2D eigenvalue weighted by atomic mass is 10.1. The molecule has 2 N–H and O–H groups in total. The van der Waals surface area contributed by atoms with E-state index in [1.54, 1.807) is 6.07 Å². The Morgan fingerprint density at radius 2 is 2.12 bits per heavy atom. The van der Waals surface area contributed by atoms with Crippen molar-refractivity contribution in [2.45, 2.75) is 26.8 Å². The van der Waals surface area contributed by atoms with E-state index in [1.807, 2.05) is 19.9 Å². The van der Waals surface area contributed by atoms with Crippen LogP contribution in [0.15, 0.2) is 40.1 Å². The summed E-state index contributed by atoms with van der Waals surface area (Å²) in [5.41, 5.74) is 0.408. The summed E-state index contributed by atoms with van der Waals surface area (Å²) in [6.07, 6.45) is 2.00. The lowest BCUT2D eigenvalue weighted by Gasteiger charge is -2.09. The van der Waals surface area contributed by atoms with Crippen LogP contribution in [0.1, 0.15) is 19.4 Å². The zero-order valence-electron chi connectivity index (χ0n) is 14.6. The second-order valence-corrected chi connectivity index (χ2v) is 6.50. The first kappa shape index (κ1) is 17.8. The second-order valence-electron chi connectivity index (χ2n) is 6.50. The quantitative estimate of drug-likeness (QED) is 0.703. The molecule has 0 radical (unpaired) electrons. The molecule has 26 heavy (non-hydrogen) atoms. The van der Waals surface area contributed by atoms with E-state index in [-0.39, 0.29) is 23.2 Å². The molecule has 3 aromatic rings. The van der Waals surface area contributed by atoms with Crippen molar-refractivity contribution in [3.63, 3.8) is 0 Å². The van der Waals surface area contributed by atoms with Crippen LogP contribution in [-0.4, -0.2) is 26.1 Å². The Morgan fingerprint density at radius 1 is 1.31 bits per heavy atom. The van der Waals surface area contributed by atoms with Gasteiger partial charge in [0.05, 0.1) is 11.7 Å². The van der Waals surface area contributed by atoms with Crippen LogP contribution in [0, 0.1) is 11.7 Å². The smallest absolute Gasteiger partial charge is 0.328 e. The number of nitrogens with one attached hydrogen (secondary N) is 2. The molecule has 8 heteroatoms. The van der Waals surface area contributed by atoms with Gasteiger partial charge < -0.3 is 10.3 Å². The van der Waals surface area contributed by atoms with Gasteiger partial charge in [0.2, 0.25) is 5.95 Å². The Bertz CT molecular complexity index is 1040. The number of aromatic nitrogens is 4. The first-order valence-electron chi connectivity index (χ1n) is 8.42. The minimum Gasteiger partial charge on any atom is -0.354 e. The van der Waals surface area contributed by atoms with Gasteiger partial charge in [-0.3, -0.25) is 9.36 Å². The molecule has 0 aliphatic heterocycles. The molecule has 0 spiro atoms. The molecule has 0 aliphatic carbocycles. The molecule has 0 fully saturated rings. The minimum atomic E-state index is -0.466. The number of hydrogen-bond donors (Lipinski definition) is 2. The van der Waals surface area contributed by atoms with Crippen molar-refractivity contribution in [2.24, 2.45) is 5.92 Å². The summed E-state index contributed by atoms with van der Waals surface area (Å²) in [5, 5.41) is 3.02. The summed E-state index contributed by atoms with van der Waals surface area (Å²) in [5.74, 6) is 0.158. The van der Waals surface area contributed by atoms with Crippen LogP contribution in [-0.2, 0) is 13.0 Å². The van der Waals surface area contributed by atoms with Crippen LogP contribution in [0.5, 0.6) is 0 Å². The number of halogens is 1. The fraction of sp³-hybridized carbons (Fsp3) is 0.333. The largest absolute Gasteiger partial charge is 0.354 e. The number of H-pyrrole nitrogens is 1. The average Bonchev–Trinajstić information content (AvgIpc) is 2.59. The Balaban J connectivity index is 1.81. The Hall–Kier alpha value is -3.03. The highest BCUT2D eigenvalue weighted by Crippen LogP contribution is 2.07. The van der Waals surface area contributed by atoms with Crippen molar-refractivity contribution in [1.82, 2.24) is 19.5 Å². The normalized spacial score (nSPS) is 11.2. The van der Waals surface area contributed by atoms with Crippen molar-refractivity contribution in [1.29, 1.82) is 0 Å². The van der Waals surface area contributed by atoms with Crippen molar-refractivity contribution in [3.8, 4) is 0 Å². The van der Waals surface area contributed by atoms with Crippen molar-refractivity contribution >= 4 is 17.0 Å². The average molecular weight is 357 g/mol. The molecule has 2 heterocycles. The van der Waals surface area contributed by atoms with E-state index in [1.165, 1.54) is 18.3 Å². The third-order valence-electron chi connectivity index (χ3n) is 3.86. The zero-order chi connectivity index (χ0) is 18.7. The molecule has 2 aromatic heterocycles. The molecule has 0 atom stereocenters. The van der Waals surface area contributed by atoms with Crippen molar-refractivity contribution in [2.75, 3.05) is 11.9 Å². The first-order valence-corrected chi connectivity index (χ1v) is 8.42. The van der Waals surface area contributed by atoms with E-state index in [0.717, 1.165) is 10.1 Å². The summed E-state index contributed by atoms with van der Waals surface area (Å²) in [6, 6.07) is 6.36. The number of aromatic amines is 1. The van der Waals surface area contributed by atoms with E-state index in [4.69, 9.17) is 0 Å². The molecule has 3 rings (SSSR count). The lowest BCUT2D eigenvalue weighted by Crippen LogP contribution is -2.36. The second kappa shape index (κ2) is 7.47. The van der Waals surface area contributed by atoms with Gasteiger partial charge >= 0.3 is 5.69 Å². The highest BCUT2D eigenvalue weighted by molar-refractivity contribution is 5.72. The highest BCUT2D eigenvalue weighted by atomic mass is 19.1. The Labute approximate surface area is 148 Å². The van der Waals surface area contributed by atoms with Crippen LogP contribution in [0.2, 0.25) is 0 Å². The van der Waals surface area contributed by atoms with Gasteiger partial charge in [0.15, 0.2) is 5.52 Å². The predicted molar refractivity (Wildman–Crippen MR) is 97.9 cm³/mol. The van der Waals surface area contributed by atoms with Gasteiger partial charge in [-0.1, -0.05) is 26.0 Å². The summed E-state index contributed by atoms with van der Waals surface area (Å²) in [6.45, 7) is 4.65. The first-order chi connectivity index (χ1) is 12.4. The third-order valence-corrected chi connectivity index (χ3v) is 3.86. The van der Waals surface area contributed by atoms with Gasteiger partial charge in [-0.2, -0.15) is 0 Å². The highest BCUT2D eigenvalue weighted by Gasteiger charge is 2.11. The molecule has 7 nitrogen and oxygen atoms in total. The lowest BCUT2D eigenvalue weighted by molar-refractivity contribution is 0.495. The standard InChI is InChI=1S/C18H20FN5O2/c1-11(2)10-24-16(25)15-14(22-18(24)26)9-21-17(23-15)20-7-6-12-4-3-5-13(19)8-12/h3-5,8-9,11H,6-7,10H2,1-2H3,(H,22,26)(H,20,21,23). The number of hydrogen-bond acceptors (Lipinski definition) is 5. The Morgan fingerprint density at radius 3 is 2.85 bits per heavy atom. The van der Waals surface area contributed by atoms with E-state index in [0.29, 0.717) is 25.0 Å². The van der Waals surface area contributed by atoms with Gasteiger partial charge in [0.1, 0.15) is 5.82 Å². The van der Waals surface area contributed by atoms with E-state index in [9.17, 15) is 14.0 Å². The van der Waals surface area contributed by atoms with Crippen LogP contribution in [0.4, 0.5) is 10.3 Å². The number of fused-ring (bicyclic) bond motifs is 1. The fourth-order valence-corrected chi connectivity index (χ4v) is 2.67. The summed E-state index contributed by atoms with van der Waals surface area (Å²) in [7, 11) is 0. The van der Waals surface area contributed by atoms with Crippen LogP contribution in [0.25, 0.3) is 11.0 Å². The third kappa shape index (κ3) is 3.96. The fourth-order valence-electron chi connectivity index (χ4n) is 2.67. The monoisotopic (exact) mass is 357 g/mol. The molecule has 0 bridgehead atoms. The molecule has 136 valence electrons. The number of nitrogens with zero attached hydrogens (tertiary/aromatic N) is 3. The Kier molecular flexibility index (Phi) is 5.11. The maximum Gasteiger partial charge on any atom is 0.328 e. The molecule has 0 saturated carbocycles. The molecule has 0 amide bonds. The van der Waals surface area contributed by atoms with Gasteiger partial charge in [0.25, 0.3) is 5.56 Å². The van der Waals surface area contributed by atoms with Crippen LogP contribution >= 0.6 is 0 Å². The van der Waals surface area contributed by atoms with Crippen molar-refractivity contribution in [3.05, 3.63) is 62.7 Å². The summed E-state index contributed by atoms with van der Waals surface area (Å²) < 4.78 is 14.3. The van der Waals surface area contributed by atoms with E-state index < -0.39 is 11.2 Å².